The fourth-order valence-corrected chi connectivity index (χ4v) is 2.93. The molecule has 1 N–H and O–H groups in total. The molecule has 0 aliphatic rings. The molecule has 0 aliphatic heterocycles. The van der Waals surface area contributed by atoms with E-state index in [1.165, 1.54) is 6.07 Å². The van der Waals surface area contributed by atoms with Gasteiger partial charge in [-0.15, -0.1) is 11.3 Å². The molecule has 0 atom stereocenters. The number of carbonyl (C=O) groups is 1. The summed E-state index contributed by atoms with van der Waals surface area (Å²) >= 11 is 1.13. The van der Waals surface area contributed by atoms with E-state index < -0.39 is 4.92 Å². The van der Waals surface area contributed by atoms with E-state index in [1.807, 2.05) is 31.2 Å². The van der Waals surface area contributed by atoms with Crippen molar-refractivity contribution in [1.29, 1.82) is 0 Å². The smallest absolute Gasteiger partial charge is 0.283 e. The number of carbonyl (C=O) groups excluding carboxylic acids is 1. The Bertz CT molecular complexity index is 712. The van der Waals surface area contributed by atoms with Crippen molar-refractivity contribution in [3.63, 3.8) is 0 Å². The van der Waals surface area contributed by atoms with Crippen molar-refractivity contribution in [1.82, 2.24) is 5.32 Å². The Kier molecular flexibility index (Phi) is 5.70. The topological polar surface area (TPSA) is 81.5 Å². The Hall–Kier alpha value is -2.41. The Labute approximate surface area is 138 Å². The van der Waals surface area contributed by atoms with Crippen LogP contribution >= 0.6 is 11.3 Å². The molecular weight excluding hydrogens is 316 g/mol. The van der Waals surface area contributed by atoms with Gasteiger partial charge >= 0.3 is 0 Å². The van der Waals surface area contributed by atoms with Crippen molar-refractivity contribution in [2.75, 3.05) is 13.2 Å². The molecule has 1 heterocycles. The van der Waals surface area contributed by atoms with Crippen molar-refractivity contribution in [2.24, 2.45) is 0 Å². The number of rotatable bonds is 7. The van der Waals surface area contributed by atoms with Crippen LogP contribution in [0.1, 0.15) is 26.5 Å². The lowest BCUT2D eigenvalue weighted by Crippen LogP contribution is -2.24. The van der Waals surface area contributed by atoms with Crippen LogP contribution in [0.25, 0.3) is 0 Å². The lowest BCUT2D eigenvalue weighted by atomic mass is 10.2. The molecule has 0 saturated heterocycles. The standard InChI is InChI=1S/C16H18N2O4S/c1-11-5-3-6-13(9-11)22-8-4-7-17-16(19)15-10-14(18(20)21)12(2)23-15/h3,5-6,9-10H,4,7-8H2,1-2H3,(H,17,19). The lowest BCUT2D eigenvalue weighted by molar-refractivity contribution is -0.385. The minimum atomic E-state index is -0.474. The zero-order chi connectivity index (χ0) is 16.8. The summed E-state index contributed by atoms with van der Waals surface area (Å²) in [6.45, 7) is 4.58. The molecule has 122 valence electrons. The Morgan fingerprint density at radius 1 is 1.35 bits per heavy atom. The number of benzene rings is 1. The molecule has 0 radical (unpaired) electrons. The van der Waals surface area contributed by atoms with E-state index in [4.69, 9.17) is 4.74 Å². The van der Waals surface area contributed by atoms with Gasteiger partial charge in [0, 0.05) is 12.6 Å². The van der Waals surface area contributed by atoms with Crippen LogP contribution in [0.3, 0.4) is 0 Å². The van der Waals surface area contributed by atoms with Crippen molar-refractivity contribution < 1.29 is 14.5 Å². The van der Waals surface area contributed by atoms with E-state index in [0.717, 1.165) is 22.6 Å². The van der Waals surface area contributed by atoms with Gasteiger partial charge in [-0.3, -0.25) is 14.9 Å². The van der Waals surface area contributed by atoms with Crippen LogP contribution in [-0.2, 0) is 0 Å². The lowest BCUT2D eigenvalue weighted by Gasteiger charge is -2.07. The number of hydrogen-bond acceptors (Lipinski definition) is 5. The number of amides is 1. The predicted molar refractivity (Wildman–Crippen MR) is 89.3 cm³/mol. The minimum Gasteiger partial charge on any atom is -0.494 e. The highest BCUT2D eigenvalue weighted by Crippen LogP contribution is 2.27. The van der Waals surface area contributed by atoms with Crippen LogP contribution < -0.4 is 10.1 Å². The highest BCUT2D eigenvalue weighted by molar-refractivity contribution is 7.14. The van der Waals surface area contributed by atoms with Crippen LogP contribution in [0.5, 0.6) is 5.75 Å². The monoisotopic (exact) mass is 334 g/mol. The molecule has 23 heavy (non-hydrogen) atoms. The quantitative estimate of drug-likeness (QED) is 0.477. The molecule has 2 aromatic rings. The molecular formula is C16H18N2O4S. The number of nitro groups is 1. The number of nitrogens with zero attached hydrogens (tertiary/aromatic N) is 1. The third-order valence-electron chi connectivity index (χ3n) is 3.18. The summed E-state index contributed by atoms with van der Waals surface area (Å²) < 4.78 is 5.59. The fraction of sp³-hybridized carbons (Fsp3) is 0.312. The molecule has 6 nitrogen and oxygen atoms in total. The number of aryl methyl sites for hydroxylation is 2. The summed E-state index contributed by atoms with van der Waals surface area (Å²) in [6.07, 6.45) is 0.659. The summed E-state index contributed by atoms with van der Waals surface area (Å²) in [7, 11) is 0. The molecule has 2 rings (SSSR count). The van der Waals surface area contributed by atoms with Gasteiger partial charge in [0.05, 0.1) is 21.3 Å². The summed E-state index contributed by atoms with van der Waals surface area (Å²) in [5.41, 5.74) is 1.12. The van der Waals surface area contributed by atoms with Crippen LogP contribution in [0, 0.1) is 24.0 Å². The van der Waals surface area contributed by atoms with Gasteiger partial charge in [-0.05, 0) is 38.0 Å². The van der Waals surface area contributed by atoms with Gasteiger partial charge in [0.1, 0.15) is 5.75 Å². The van der Waals surface area contributed by atoms with Gasteiger partial charge in [-0.25, -0.2) is 0 Å². The molecule has 1 aromatic heterocycles. The van der Waals surface area contributed by atoms with Crippen molar-refractivity contribution >= 4 is 22.9 Å². The maximum absolute atomic E-state index is 11.9. The van der Waals surface area contributed by atoms with E-state index in [9.17, 15) is 14.9 Å². The van der Waals surface area contributed by atoms with Crippen molar-refractivity contribution in [2.45, 2.75) is 20.3 Å². The second-order valence-corrected chi connectivity index (χ2v) is 6.34. The van der Waals surface area contributed by atoms with Crippen LogP contribution in [-0.4, -0.2) is 24.0 Å². The average molecular weight is 334 g/mol. The normalized spacial score (nSPS) is 10.3. The van der Waals surface area contributed by atoms with Gasteiger partial charge in [0.2, 0.25) is 0 Å². The SMILES string of the molecule is Cc1cccc(OCCCNC(=O)c2cc([N+](=O)[O-])c(C)s2)c1. The maximum atomic E-state index is 11.9. The van der Waals surface area contributed by atoms with Crippen LogP contribution in [0.4, 0.5) is 5.69 Å². The summed E-state index contributed by atoms with van der Waals surface area (Å²) in [4.78, 5) is 23.1. The number of nitrogens with one attached hydrogen (secondary N) is 1. The first-order valence-electron chi connectivity index (χ1n) is 7.20. The van der Waals surface area contributed by atoms with Gasteiger partial charge < -0.3 is 10.1 Å². The third-order valence-corrected chi connectivity index (χ3v) is 4.22. The minimum absolute atomic E-state index is 0.0112. The first-order chi connectivity index (χ1) is 11.0. The summed E-state index contributed by atoms with van der Waals surface area (Å²) in [5, 5.41) is 13.5. The van der Waals surface area contributed by atoms with E-state index in [-0.39, 0.29) is 11.6 Å². The van der Waals surface area contributed by atoms with E-state index in [2.05, 4.69) is 5.32 Å². The second kappa shape index (κ2) is 7.73. The Morgan fingerprint density at radius 3 is 2.78 bits per heavy atom. The van der Waals surface area contributed by atoms with Crippen molar-refractivity contribution in [3.05, 3.63) is 55.8 Å². The molecule has 0 aliphatic carbocycles. The predicted octanol–water partition coefficient (Wildman–Crippen LogP) is 3.47. The van der Waals surface area contributed by atoms with Crippen molar-refractivity contribution in [3.8, 4) is 5.75 Å². The van der Waals surface area contributed by atoms with Crippen LogP contribution in [0.15, 0.2) is 30.3 Å². The highest BCUT2D eigenvalue weighted by Gasteiger charge is 2.19. The average Bonchev–Trinajstić information content (AvgIpc) is 2.89. The Balaban J connectivity index is 1.75. The van der Waals surface area contributed by atoms with Crippen LogP contribution in [0.2, 0.25) is 0 Å². The molecule has 0 saturated carbocycles. The maximum Gasteiger partial charge on any atom is 0.283 e. The number of ether oxygens (including phenoxy) is 1. The zero-order valence-electron chi connectivity index (χ0n) is 13.0. The summed E-state index contributed by atoms with van der Waals surface area (Å²) in [5.74, 6) is 0.516. The molecule has 1 aromatic carbocycles. The fourth-order valence-electron chi connectivity index (χ4n) is 2.02. The third kappa shape index (κ3) is 4.79. The molecule has 0 fully saturated rings. The first-order valence-corrected chi connectivity index (χ1v) is 8.01. The molecule has 0 unspecified atom stereocenters. The van der Waals surface area contributed by atoms with Gasteiger partial charge in [0.15, 0.2) is 0 Å². The molecule has 0 bridgehead atoms. The van der Waals surface area contributed by atoms with Gasteiger partial charge in [0.25, 0.3) is 11.6 Å². The second-order valence-electron chi connectivity index (χ2n) is 5.08. The van der Waals surface area contributed by atoms with E-state index >= 15 is 0 Å². The van der Waals surface area contributed by atoms with E-state index in [0.29, 0.717) is 29.3 Å². The van der Waals surface area contributed by atoms with E-state index in [1.54, 1.807) is 6.92 Å². The largest absolute Gasteiger partial charge is 0.494 e. The van der Waals surface area contributed by atoms with Gasteiger partial charge in [-0.1, -0.05) is 12.1 Å². The summed E-state index contributed by atoms with van der Waals surface area (Å²) in [6, 6.07) is 9.08. The molecule has 7 heteroatoms. The Morgan fingerprint density at radius 2 is 2.13 bits per heavy atom. The first kappa shape index (κ1) is 17.0. The highest BCUT2D eigenvalue weighted by atomic mass is 32.1. The zero-order valence-corrected chi connectivity index (χ0v) is 13.8. The molecule has 0 spiro atoms. The van der Waals surface area contributed by atoms with Gasteiger partial charge in [-0.2, -0.15) is 0 Å². The molecule has 1 amide bonds. The number of thiophene rings is 1. The number of hydrogen-bond donors (Lipinski definition) is 1.